The molecule has 0 aromatic rings. The van der Waals surface area contributed by atoms with E-state index in [1.165, 1.54) is 25.7 Å². The van der Waals surface area contributed by atoms with Crippen molar-refractivity contribution in [2.24, 2.45) is 17.1 Å². The summed E-state index contributed by atoms with van der Waals surface area (Å²) in [6, 6.07) is 0.704. The minimum atomic E-state index is 0.109. The first-order chi connectivity index (χ1) is 9.79. The fourth-order valence-corrected chi connectivity index (χ4v) is 3.76. The third-order valence-corrected chi connectivity index (χ3v) is 5.68. The van der Waals surface area contributed by atoms with Crippen LogP contribution in [0.15, 0.2) is 0 Å². The maximum Gasteiger partial charge on any atom is 0.236 e. The number of carbonyl (C=O) groups is 1. The van der Waals surface area contributed by atoms with Crippen LogP contribution >= 0.6 is 0 Å². The van der Waals surface area contributed by atoms with Crippen LogP contribution in [0.5, 0.6) is 0 Å². The summed E-state index contributed by atoms with van der Waals surface area (Å²) < 4.78 is 0. The fourth-order valence-electron chi connectivity index (χ4n) is 3.76. The van der Waals surface area contributed by atoms with Crippen LogP contribution in [0.1, 0.15) is 52.9 Å². The summed E-state index contributed by atoms with van der Waals surface area (Å²) in [7, 11) is 1.99. The zero-order valence-corrected chi connectivity index (χ0v) is 14.3. The normalized spacial score (nSPS) is 33.7. The molecule has 1 saturated heterocycles. The quantitative estimate of drug-likeness (QED) is 0.867. The molecule has 1 aliphatic carbocycles. The van der Waals surface area contributed by atoms with Gasteiger partial charge in [-0.2, -0.15) is 0 Å². The zero-order chi connectivity index (χ0) is 15.6. The van der Waals surface area contributed by atoms with E-state index in [-0.39, 0.29) is 17.4 Å². The molecule has 1 amide bonds. The Morgan fingerprint density at radius 1 is 1.24 bits per heavy atom. The number of hydrogen-bond donors (Lipinski definition) is 1. The molecule has 1 aliphatic heterocycles. The van der Waals surface area contributed by atoms with E-state index in [1.54, 1.807) is 0 Å². The molecule has 1 atom stereocenters. The summed E-state index contributed by atoms with van der Waals surface area (Å²) in [4.78, 5) is 16.8. The molecule has 0 spiro atoms. The molecule has 122 valence electrons. The number of nitrogens with two attached hydrogens (primary N) is 1. The Labute approximate surface area is 130 Å². The van der Waals surface area contributed by atoms with Crippen molar-refractivity contribution in [3.05, 3.63) is 0 Å². The number of likely N-dealkylation sites (N-methyl/N-ethyl adjacent to an activating group) is 1. The van der Waals surface area contributed by atoms with E-state index in [0.717, 1.165) is 25.4 Å². The van der Waals surface area contributed by atoms with Gasteiger partial charge in [-0.3, -0.25) is 9.69 Å². The van der Waals surface area contributed by atoms with Crippen LogP contribution < -0.4 is 5.73 Å². The van der Waals surface area contributed by atoms with Gasteiger partial charge in [0.15, 0.2) is 0 Å². The smallest absolute Gasteiger partial charge is 0.236 e. The summed E-state index contributed by atoms with van der Waals surface area (Å²) in [5.41, 5.74) is 6.28. The van der Waals surface area contributed by atoms with Gasteiger partial charge in [0.2, 0.25) is 5.91 Å². The number of piperidine rings is 1. The van der Waals surface area contributed by atoms with E-state index in [2.05, 4.69) is 25.7 Å². The van der Waals surface area contributed by atoms with Crippen molar-refractivity contribution >= 4 is 5.91 Å². The van der Waals surface area contributed by atoms with Gasteiger partial charge >= 0.3 is 0 Å². The number of rotatable bonds is 3. The predicted octanol–water partition coefficient (Wildman–Crippen LogP) is 2.08. The second kappa shape index (κ2) is 6.66. The highest BCUT2D eigenvalue weighted by Gasteiger charge is 2.34. The molecule has 4 nitrogen and oxygen atoms in total. The average Bonchev–Trinajstić information content (AvgIpc) is 2.42. The lowest BCUT2D eigenvalue weighted by Gasteiger charge is -2.43. The van der Waals surface area contributed by atoms with Crippen molar-refractivity contribution in [1.29, 1.82) is 0 Å². The first-order valence-electron chi connectivity index (χ1n) is 8.53. The third-order valence-electron chi connectivity index (χ3n) is 5.68. The van der Waals surface area contributed by atoms with Crippen molar-refractivity contribution < 1.29 is 4.79 Å². The topological polar surface area (TPSA) is 49.6 Å². The van der Waals surface area contributed by atoms with Gasteiger partial charge in [0.05, 0.1) is 6.54 Å². The van der Waals surface area contributed by atoms with Crippen molar-refractivity contribution in [3.63, 3.8) is 0 Å². The van der Waals surface area contributed by atoms with E-state index in [0.29, 0.717) is 12.6 Å². The second-order valence-electron chi connectivity index (χ2n) is 8.01. The molecule has 1 saturated carbocycles. The predicted molar refractivity (Wildman–Crippen MR) is 87.0 cm³/mol. The SMILES string of the molecule is CC1CCC(N(C)C(=O)CN2CCC(N)C(C)(C)C2)CC1. The molecule has 2 N–H and O–H groups in total. The Bertz CT molecular complexity index is 361. The standard InChI is InChI=1S/C17H33N3O/c1-13-5-7-14(8-6-13)19(4)16(21)11-20-10-9-15(18)17(2,3)12-20/h13-15H,5-12,18H2,1-4H3. The number of carbonyl (C=O) groups excluding carboxylic acids is 1. The number of nitrogens with zero attached hydrogens (tertiary/aromatic N) is 2. The van der Waals surface area contributed by atoms with Crippen molar-refractivity contribution in [3.8, 4) is 0 Å². The minimum Gasteiger partial charge on any atom is -0.342 e. The molecule has 0 bridgehead atoms. The summed E-state index contributed by atoms with van der Waals surface area (Å²) >= 11 is 0. The number of hydrogen-bond acceptors (Lipinski definition) is 3. The van der Waals surface area contributed by atoms with Crippen molar-refractivity contribution in [2.45, 2.75) is 65.0 Å². The fraction of sp³-hybridized carbons (Fsp3) is 0.941. The van der Waals surface area contributed by atoms with Crippen LogP contribution in [0.2, 0.25) is 0 Å². The Morgan fingerprint density at radius 3 is 2.43 bits per heavy atom. The van der Waals surface area contributed by atoms with E-state index in [4.69, 9.17) is 5.73 Å². The molecule has 2 aliphatic rings. The van der Waals surface area contributed by atoms with Crippen LogP contribution in [0.25, 0.3) is 0 Å². The highest BCUT2D eigenvalue weighted by Crippen LogP contribution is 2.29. The van der Waals surface area contributed by atoms with Gasteiger partial charge in [-0.15, -0.1) is 0 Å². The summed E-state index contributed by atoms with van der Waals surface area (Å²) in [6.45, 7) is 9.16. The van der Waals surface area contributed by atoms with Gasteiger partial charge in [-0.25, -0.2) is 0 Å². The Morgan fingerprint density at radius 2 is 1.86 bits per heavy atom. The van der Waals surface area contributed by atoms with Crippen LogP contribution in [0.4, 0.5) is 0 Å². The second-order valence-corrected chi connectivity index (χ2v) is 8.01. The molecule has 2 rings (SSSR count). The maximum absolute atomic E-state index is 12.5. The van der Waals surface area contributed by atoms with E-state index in [1.807, 2.05) is 11.9 Å². The summed E-state index contributed by atoms with van der Waals surface area (Å²) in [5, 5.41) is 0. The van der Waals surface area contributed by atoms with Gasteiger partial charge in [-0.1, -0.05) is 20.8 Å². The minimum absolute atomic E-state index is 0.109. The summed E-state index contributed by atoms with van der Waals surface area (Å²) in [6.07, 6.45) is 5.84. The Balaban J connectivity index is 1.83. The molecule has 1 heterocycles. The maximum atomic E-state index is 12.5. The lowest BCUT2D eigenvalue weighted by molar-refractivity contribution is -0.134. The molecule has 2 fully saturated rings. The molecule has 21 heavy (non-hydrogen) atoms. The third kappa shape index (κ3) is 4.19. The Kier molecular flexibility index (Phi) is 5.31. The van der Waals surface area contributed by atoms with Gasteiger partial charge in [0.1, 0.15) is 0 Å². The highest BCUT2D eigenvalue weighted by atomic mass is 16.2. The van der Waals surface area contributed by atoms with E-state index < -0.39 is 0 Å². The molecule has 1 unspecified atom stereocenters. The number of likely N-dealkylation sites (tertiary alicyclic amines) is 1. The number of amides is 1. The molecular formula is C17H33N3O. The van der Waals surface area contributed by atoms with Crippen LogP contribution in [0, 0.1) is 11.3 Å². The largest absolute Gasteiger partial charge is 0.342 e. The van der Waals surface area contributed by atoms with Crippen LogP contribution in [-0.4, -0.2) is 54.5 Å². The zero-order valence-electron chi connectivity index (χ0n) is 14.3. The molecular weight excluding hydrogens is 262 g/mol. The van der Waals surface area contributed by atoms with E-state index >= 15 is 0 Å². The van der Waals surface area contributed by atoms with Gasteiger partial charge in [0, 0.05) is 32.2 Å². The monoisotopic (exact) mass is 295 g/mol. The molecule has 0 aromatic carbocycles. The van der Waals surface area contributed by atoms with Gasteiger partial charge in [-0.05, 0) is 43.4 Å². The average molecular weight is 295 g/mol. The van der Waals surface area contributed by atoms with Crippen LogP contribution in [-0.2, 0) is 4.79 Å². The first kappa shape index (κ1) is 16.8. The van der Waals surface area contributed by atoms with E-state index in [9.17, 15) is 4.79 Å². The van der Waals surface area contributed by atoms with Crippen LogP contribution in [0.3, 0.4) is 0 Å². The Hall–Kier alpha value is -0.610. The molecule has 0 radical (unpaired) electrons. The lowest BCUT2D eigenvalue weighted by atomic mass is 9.80. The van der Waals surface area contributed by atoms with Crippen molar-refractivity contribution in [2.75, 3.05) is 26.7 Å². The van der Waals surface area contributed by atoms with Gasteiger partial charge < -0.3 is 10.6 Å². The lowest BCUT2D eigenvalue weighted by Crippen LogP contribution is -2.55. The summed E-state index contributed by atoms with van der Waals surface area (Å²) in [5.74, 6) is 1.11. The van der Waals surface area contributed by atoms with Crippen molar-refractivity contribution in [1.82, 2.24) is 9.80 Å². The molecule has 4 heteroatoms. The van der Waals surface area contributed by atoms with Gasteiger partial charge in [0.25, 0.3) is 0 Å². The molecule has 0 aromatic heterocycles. The first-order valence-corrected chi connectivity index (χ1v) is 8.53. The highest BCUT2D eigenvalue weighted by molar-refractivity contribution is 5.78.